The number of nitrogens with zero attached hydrogens (tertiary/aromatic N) is 2. The summed E-state index contributed by atoms with van der Waals surface area (Å²) in [6, 6.07) is 3.00. The average Bonchev–Trinajstić information content (AvgIpc) is 2.50. The molecule has 2 aromatic rings. The number of aromatic nitrogens is 3. The number of amides is 1. The van der Waals surface area contributed by atoms with Gasteiger partial charge in [0.1, 0.15) is 5.56 Å². The van der Waals surface area contributed by atoms with Crippen molar-refractivity contribution in [1.29, 1.82) is 0 Å². The highest BCUT2D eigenvalue weighted by Gasteiger charge is 2.15. The fraction of sp³-hybridized carbons (Fsp3) is 0.154. The second-order valence-electron chi connectivity index (χ2n) is 4.22. The van der Waals surface area contributed by atoms with Crippen LogP contribution in [0.25, 0.3) is 0 Å². The third kappa shape index (κ3) is 3.26. The van der Waals surface area contributed by atoms with Crippen molar-refractivity contribution in [2.75, 3.05) is 0 Å². The van der Waals surface area contributed by atoms with Gasteiger partial charge in [-0.2, -0.15) is 5.10 Å². The number of hydrogen-bond acceptors (Lipinski definition) is 6. The van der Waals surface area contributed by atoms with Crippen LogP contribution in [0.4, 0.5) is 0 Å². The van der Waals surface area contributed by atoms with Crippen LogP contribution in [0, 0.1) is 0 Å². The Morgan fingerprint density at radius 1 is 1.32 bits per heavy atom. The molecule has 2 aromatic heterocycles. The van der Waals surface area contributed by atoms with E-state index in [0.717, 1.165) is 0 Å². The first kappa shape index (κ1) is 15.2. The van der Waals surface area contributed by atoms with Crippen LogP contribution in [0.5, 0.6) is 5.88 Å². The summed E-state index contributed by atoms with van der Waals surface area (Å²) in [5.74, 6) is -1.10. The van der Waals surface area contributed by atoms with Gasteiger partial charge in [-0.15, -0.1) is 0 Å². The minimum atomic E-state index is -0.831. The summed E-state index contributed by atoms with van der Waals surface area (Å²) in [6.45, 7) is 1.68. The van der Waals surface area contributed by atoms with Gasteiger partial charge in [0.25, 0.3) is 11.5 Å². The Balaban J connectivity index is 2.31. The molecular weight excluding hydrogens is 290 g/mol. The molecule has 9 nitrogen and oxygen atoms in total. The van der Waals surface area contributed by atoms with E-state index >= 15 is 0 Å². The topological polar surface area (TPSA) is 140 Å². The van der Waals surface area contributed by atoms with Crippen molar-refractivity contribution in [3.63, 3.8) is 0 Å². The first-order valence-corrected chi connectivity index (χ1v) is 6.35. The number of carbonyl (C=O) groups excluding carboxylic acids is 1. The second kappa shape index (κ2) is 6.48. The van der Waals surface area contributed by atoms with Gasteiger partial charge in [0.15, 0.2) is 0 Å². The van der Waals surface area contributed by atoms with Crippen molar-refractivity contribution in [3.8, 4) is 5.88 Å². The molecule has 1 amide bonds. The van der Waals surface area contributed by atoms with E-state index in [9.17, 15) is 19.5 Å². The van der Waals surface area contributed by atoms with E-state index in [1.807, 2.05) is 4.98 Å². The standard InChI is InChI=1S/C13H13N5O4/c1-2-8(9-11(20)15-13(22)16-12(9)21)17-18-10(19)7-3-5-14-6-4-7/h3-6H,2H2,1H3,(H,18,19)(H3,15,16,20,21,22)/b17-8-. The zero-order chi connectivity index (χ0) is 16.1. The quantitative estimate of drug-likeness (QED) is 0.453. The van der Waals surface area contributed by atoms with Crippen molar-refractivity contribution in [1.82, 2.24) is 20.4 Å². The molecule has 114 valence electrons. The molecule has 0 radical (unpaired) electrons. The van der Waals surface area contributed by atoms with E-state index in [-0.39, 0.29) is 17.7 Å². The van der Waals surface area contributed by atoms with Crippen LogP contribution in [-0.2, 0) is 0 Å². The van der Waals surface area contributed by atoms with E-state index in [4.69, 9.17) is 0 Å². The number of pyridine rings is 1. The first-order valence-electron chi connectivity index (χ1n) is 6.35. The van der Waals surface area contributed by atoms with Crippen molar-refractivity contribution < 1.29 is 9.90 Å². The molecule has 2 heterocycles. The molecule has 2 rings (SSSR count). The lowest BCUT2D eigenvalue weighted by molar-refractivity contribution is 0.0954. The van der Waals surface area contributed by atoms with Crippen LogP contribution in [0.3, 0.4) is 0 Å². The molecule has 0 aliphatic rings. The predicted molar refractivity (Wildman–Crippen MR) is 77.9 cm³/mol. The number of H-pyrrole nitrogens is 2. The zero-order valence-corrected chi connectivity index (χ0v) is 11.6. The lowest BCUT2D eigenvalue weighted by atomic mass is 10.1. The Kier molecular flexibility index (Phi) is 4.47. The molecule has 0 atom stereocenters. The maximum absolute atomic E-state index is 11.9. The van der Waals surface area contributed by atoms with Crippen LogP contribution >= 0.6 is 0 Å². The van der Waals surface area contributed by atoms with Crippen LogP contribution < -0.4 is 16.7 Å². The zero-order valence-electron chi connectivity index (χ0n) is 11.6. The molecule has 22 heavy (non-hydrogen) atoms. The van der Waals surface area contributed by atoms with E-state index in [1.54, 1.807) is 6.92 Å². The smallest absolute Gasteiger partial charge is 0.328 e. The third-order valence-electron chi connectivity index (χ3n) is 2.78. The summed E-state index contributed by atoms with van der Waals surface area (Å²) in [7, 11) is 0. The molecule has 0 unspecified atom stereocenters. The molecular formula is C13H13N5O4. The van der Waals surface area contributed by atoms with Crippen molar-refractivity contribution in [2.24, 2.45) is 5.10 Å². The van der Waals surface area contributed by atoms with Gasteiger partial charge in [0.2, 0.25) is 5.88 Å². The molecule has 0 aliphatic heterocycles. The molecule has 0 fully saturated rings. The average molecular weight is 303 g/mol. The third-order valence-corrected chi connectivity index (χ3v) is 2.78. The Labute approximate surface area is 123 Å². The summed E-state index contributed by atoms with van der Waals surface area (Å²) in [6.07, 6.45) is 3.16. The summed E-state index contributed by atoms with van der Waals surface area (Å²) < 4.78 is 0. The molecule has 0 saturated carbocycles. The van der Waals surface area contributed by atoms with Gasteiger partial charge >= 0.3 is 5.69 Å². The second-order valence-corrected chi connectivity index (χ2v) is 4.22. The minimum absolute atomic E-state index is 0.123. The molecule has 4 N–H and O–H groups in total. The number of aromatic amines is 2. The summed E-state index contributed by atoms with van der Waals surface area (Å²) in [5.41, 5.74) is 0.927. The van der Waals surface area contributed by atoms with E-state index in [0.29, 0.717) is 5.56 Å². The van der Waals surface area contributed by atoms with E-state index in [1.165, 1.54) is 24.5 Å². The number of carbonyl (C=O) groups is 1. The summed E-state index contributed by atoms with van der Waals surface area (Å²) in [5, 5.41) is 13.5. The van der Waals surface area contributed by atoms with Crippen LogP contribution in [-0.4, -0.2) is 31.7 Å². The SMILES string of the molecule is CC/C(=N/NC(=O)c1ccncc1)c1c(O)[nH]c(=O)[nH]c1=O. The van der Waals surface area contributed by atoms with E-state index in [2.05, 4.69) is 20.5 Å². The Morgan fingerprint density at radius 3 is 2.59 bits per heavy atom. The minimum Gasteiger partial charge on any atom is -0.494 e. The van der Waals surface area contributed by atoms with Gasteiger partial charge in [-0.3, -0.25) is 24.5 Å². The fourth-order valence-electron chi connectivity index (χ4n) is 1.74. The maximum atomic E-state index is 11.9. The number of nitrogens with one attached hydrogen (secondary N) is 3. The van der Waals surface area contributed by atoms with Crippen LogP contribution in [0.1, 0.15) is 29.3 Å². The molecule has 9 heteroatoms. The maximum Gasteiger partial charge on any atom is 0.328 e. The number of hydrogen-bond donors (Lipinski definition) is 4. The first-order chi connectivity index (χ1) is 10.5. The highest BCUT2D eigenvalue weighted by atomic mass is 16.3. The Morgan fingerprint density at radius 2 is 2.00 bits per heavy atom. The summed E-state index contributed by atoms with van der Waals surface area (Å²) >= 11 is 0. The number of hydrazone groups is 1. The van der Waals surface area contributed by atoms with Crippen molar-refractivity contribution in [2.45, 2.75) is 13.3 Å². The molecule has 0 aromatic carbocycles. The van der Waals surface area contributed by atoms with Gasteiger partial charge in [0, 0.05) is 18.0 Å². The predicted octanol–water partition coefficient (Wildman–Crippen LogP) is -0.292. The fourth-order valence-corrected chi connectivity index (χ4v) is 1.74. The van der Waals surface area contributed by atoms with Gasteiger partial charge in [-0.1, -0.05) is 6.92 Å². The molecule has 0 aliphatic carbocycles. The van der Waals surface area contributed by atoms with Crippen molar-refractivity contribution >= 4 is 11.6 Å². The lowest BCUT2D eigenvalue weighted by Crippen LogP contribution is -2.29. The van der Waals surface area contributed by atoms with Gasteiger partial charge in [0.05, 0.1) is 5.71 Å². The number of aromatic hydroxyl groups is 1. The normalized spacial score (nSPS) is 11.2. The largest absolute Gasteiger partial charge is 0.494 e. The highest BCUT2D eigenvalue weighted by Crippen LogP contribution is 2.08. The summed E-state index contributed by atoms with van der Waals surface area (Å²) in [4.78, 5) is 42.5. The van der Waals surface area contributed by atoms with Crippen LogP contribution in [0.2, 0.25) is 0 Å². The Hall–Kier alpha value is -3.23. The molecule has 0 spiro atoms. The molecule has 0 bridgehead atoms. The van der Waals surface area contributed by atoms with Crippen molar-refractivity contribution in [3.05, 3.63) is 56.5 Å². The van der Waals surface area contributed by atoms with E-state index < -0.39 is 23.0 Å². The van der Waals surface area contributed by atoms with Gasteiger partial charge in [-0.25, -0.2) is 10.2 Å². The van der Waals surface area contributed by atoms with Gasteiger partial charge in [-0.05, 0) is 18.6 Å². The lowest BCUT2D eigenvalue weighted by Gasteiger charge is -2.05. The molecule has 0 saturated heterocycles. The van der Waals surface area contributed by atoms with Gasteiger partial charge < -0.3 is 5.11 Å². The number of rotatable bonds is 4. The highest BCUT2D eigenvalue weighted by molar-refractivity contribution is 6.03. The Bertz CT molecular complexity index is 822. The monoisotopic (exact) mass is 303 g/mol. The van der Waals surface area contributed by atoms with Crippen LogP contribution in [0.15, 0.2) is 39.2 Å².